The third-order valence-electron chi connectivity index (χ3n) is 2.66. The van der Waals surface area contributed by atoms with E-state index >= 15 is 0 Å². The Kier molecular flexibility index (Phi) is 2.70. The fourth-order valence-electron chi connectivity index (χ4n) is 1.60. The molecular weight excluding hydrogens is 191 g/mol. The first-order chi connectivity index (χ1) is 7.20. The highest BCUT2D eigenvalue weighted by atomic mass is 19.1. The molecule has 0 spiro atoms. The second-order valence-corrected chi connectivity index (χ2v) is 4.00. The summed E-state index contributed by atoms with van der Waals surface area (Å²) in [5, 5.41) is 12.2. The molecule has 0 saturated heterocycles. The third kappa shape index (κ3) is 2.34. The van der Waals surface area contributed by atoms with Gasteiger partial charge in [-0.15, -0.1) is 0 Å². The van der Waals surface area contributed by atoms with E-state index in [0.717, 1.165) is 24.0 Å². The molecule has 1 aromatic carbocycles. The zero-order chi connectivity index (χ0) is 10.8. The van der Waals surface area contributed by atoms with Crippen LogP contribution in [0.2, 0.25) is 0 Å². The second-order valence-electron chi connectivity index (χ2n) is 4.00. The number of hydrogen-bond acceptors (Lipinski definition) is 2. The third-order valence-corrected chi connectivity index (χ3v) is 2.66. The monoisotopic (exact) mass is 204 g/mol. The Labute approximate surface area is 88.7 Å². The lowest BCUT2D eigenvalue weighted by Crippen LogP contribution is -2.22. The number of halogens is 1. The Bertz CT molecular complexity index is 405. The predicted octanol–water partition coefficient (Wildman–Crippen LogP) is 2.45. The maximum absolute atomic E-state index is 13.1. The zero-order valence-electron chi connectivity index (χ0n) is 8.63. The lowest BCUT2D eigenvalue weighted by Gasteiger charge is -2.13. The van der Waals surface area contributed by atoms with Crippen LogP contribution in [-0.4, -0.2) is 6.04 Å². The molecule has 1 atom stereocenters. The molecule has 1 N–H and O–H groups in total. The first-order valence-electron chi connectivity index (χ1n) is 5.12. The highest BCUT2D eigenvalue weighted by Gasteiger charge is 2.26. The van der Waals surface area contributed by atoms with Gasteiger partial charge in [-0.1, -0.05) is 6.07 Å². The minimum Gasteiger partial charge on any atom is -0.295 e. The van der Waals surface area contributed by atoms with Gasteiger partial charge < -0.3 is 0 Å². The van der Waals surface area contributed by atoms with E-state index < -0.39 is 0 Å². The number of nitrogens with one attached hydrogen (secondary N) is 1. The van der Waals surface area contributed by atoms with Crippen LogP contribution in [0.1, 0.15) is 30.0 Å². The van der Waals surface area contributed by atoms with Gasteiger partial charge in [0.05, 0.1) is 6.07 Å². The molecule has 0 aromatic heterocycles. The first kappa shape index (κ1) is 10.1. The van der Waals surface area contributed by atoms with Crippen LogP contribution in [0.15, 0.2) is 18.2 Å². The Balaban J connectivity index is 2.24. The summed E-state index contributed by atoms with van der Waals surface area (Å²) >= 11 is 0. The van der Waals surface area contributed by atoms with Crippen LogP contribution >= 0.6 is 0 Å². The number of aryl methyl sites for hydroxylation is 1. The second kappa shape index (κ2) is 4.00. The molecule has 1 fully saturated rings. The van der Waals surface area contributed by atoms with Gasteiger partial charge in [0.1, 0.15) is 11.9 Å². The molecule has 2 rings (SSSR count). The van der Waals surface area contributed by atoms with Crippen molar-refractivity contribution in [2.24, 2.45) is 0 Å². The lowest BCUT2D eigenvalue weighted by atomic mass is 10.0. The summed E-state index contributed by atoms with van der Waals surface area (Å²) in [5.41, 5.74) is 1.71. The molecule has 78 valence electrons. The topological polar surface area (TPSA) is 35.8 Å². The van der Waals surface area contributed by atoms with Gasteiger partial charge in [-0.3, -0.25) is 5.32 Å². The summed E-state index contributed by atoms with van der Waals surface area (Å²) in [6.45, 7) is 1.90. The van der Waals surface area contributed by atoms with Crippen molar-refractivity contribution in [2.75, 3.05) is 0 Å². The molecule has 1 aliphatic carbocycles. The molecule has 0 aliphatic heterocycles. The van der Waals surface area contributed by atoms with E-state index in [1.54, 1.807) is 6.07 Å². The van der Waals surface area contributed by atoms with Gasteiger partial charge in [-0.05, 0) is 43.0 Å². The summed E-state index contributed by atoms with van der Waals surface area (Å²) in [6, 6.07) is 6.82. The molecular formula is C12H13FN2. The standard InChI is InChI=1S/C12H13FN2/c1-8-2-3-9(13)6-11(8)12(7-14)15-10-4-5-10/h2-3,6,10,12,15H,4-5H2,1H3. The number of nitrogens with zero attached hydrogens (tertiary/aromatic N) is 1. The Morgan fingerprint density at radius 1 is 1.53 bits per heavy atom. The molecule has 2 nitrogen and oxygen atoms in total. The van der Waals surface area contributed by atoms with Gasteiger partial charge in [0.25, 0.3) is 0 Å². The quantitative estimate of drug-likeness (QED) is 0.820. The molecule has 1 aromatic rings. The molecule has 1 unspecified atom stereocenters. The predicted molar refractivity (Wildman–Crippen MR) is 55.6 cm³/mol. The summed E-state index contributed by atoms with van der Waals surface area (Å²) in [5.74, 6) is -0.284. The van der Waals surface area contributed by atoms with Crippen LogP contribution in [0.25, 0.3) is 0 Å². The normalized spacial score (nSPS) is 17.1. The highest BCUT2D eigenvalue weighted by molar-refractivity contribution is 5.33. The maximum atomic E-state index is 13.1. The van der Waals surface area contributed by atoms with Crippen LogP contribution in [0.5, 0.6) is 0 Å². The van der Waals surface area contributed by atoms with Gasteiger partial charge in [0.2, 0.25) is 0 Å². The highest BCUT2D eigenvalue weighted by Crippen LogP contribution is 2.25. The van der Waals surface area contributed by atoms with Crippen molar-refractivity contribution in [3.63, 3.8) is 0 Å². The number of rotatable bonds is 3. The average Bonchev–Trinajstić information content (AvgIpc) is 3.02. The Morgan fingerprint density at radius 2 is 2.27 bits per heavy atom. The van der Waals surface area contributed by atoms with E-state index in [9.17, 15) is 4.39 Å². The van der Waals surface area contributed by atoms with Gasteiger partial charge in [0.15, 0.2) is 0 Å². The van der Waals surface area contributed by atoms with E-state index in [1.807, 2.05) is 6.92 Å². The van der Waals surface area contributed by atoms with Crippen LogP contribution in [0.3, 0.4) is 0 Å². The van der Waals surface area contributed by atoms with Crippen LogP contribution in [0, 0.1) is 24.1 Å². The van der Waals surface area contributed by atoms with Crippen molar-refractivity contribution < 1.29 is 4.39 Å². The summed E-state index contributed by atoms with van der Waals surface area (Å²) in [7, 11) is 0. The van der Waals surface area contributed by atoms with Crippen molar-refractivity contribution in [3.05, 3.63) is 35.1 Å². The van der Waals surface area contributed by atoms with E-state index in [1.165, 1.54) is 12.1 Å². The minimum atomic E-state index is -0.381. The fraction of sp³-hybridized carbons (Fsp3) is 0.417. The summed E-state index contributed by atoms with van der Waals surface area (Å²) in [6.07, 6.45) is 2.24. The van der Waals surface area contributed by atoms with E-state index in [0.29, 0.717) is 6.04 Å². The summed E-state index contributed by atoms with van der Waals surface area (Å²) < 4.78 is 13.1. The number of hydrogen-bond donors (Lipinski definition) is 1. The van der Waals surface area contributed by atoms with Crippen molar-refractivity contribution in [3.8, 4) is 6.07 Å². The van der Waals surface area contributed by atoms with Gasteiger partial charge in [-0.25, -0.2) is 4.39 Å². The summed E-state index contributed by atoms with van der Waals surface area (Å²) in [4.78, 5) is 0. The molecule has 1 saturated carbocycles. The minimum absolute atomic E-state index is 0.284. The van der Waals surface area contributed by atoms with Crippen molar-refractivity contribution in [1.82, 2.24) is 5.32 Å². The molecule has 0 heterocycles. The molecule has 0 bridgehead atoms. The molecule has 0 radical (unpaired) electrons. The number of nitriles is 1. The van der Waals surface area contributed by atoms with Crippen molar-refractivity contribution in [2.45, 2.75) is 31.8 Å². The van der Waals surface area contributed by atoms with Crippen LogP contribution < -0.4 is 5.32 Å². The SMILES string of the molecule is Cc1ccc(F)cc1C(C#N)NC1CC1. The van der Waals surface area contributed by atoms with E-state index in [4.69, 9.17) is 5.26 Å². The van der Waals surface area contributed by atoms with Gasteiger partial charge >= 0.3 is 0 Å². The molecule has 0 amide bonds. The smallest absolute Gasteiger partial charge is 0.123 e. The van der Waals surface area contributed by atoms with E-state index in [-0.39, 0.29) is 11.9 Å². The number of benzene rings is 1. The molecule has 1 aliphatic rings. The van der Waals surface area contributed by atoms with Gasteiger partial charge in [0, 0.05) is 6.04 Å². The zero-order valence-corrected chi connectivity index (χ0v) is 8.63. The lowest BCUT2D eigenvalue weighted by molar-refractivity contribution is 0.600. The van der Waals surface area contributed by atoms with Gasteiger partial charge in [-0.2, -0.15) is 5.26 Å². The maximum Gasteiger partial charge on any atom is 0.123 e. The van der Waals surface area contributed by atoms with Crippen LogP contribution in [0.4, 0.5) is 4.39 Å². The molecule has 3 heteroatoms. The largest absolute Gasteiger partial charge is 0.295 e. The van der Waals surface area contributed by atoms with Crippen LogP contribution in [-0.2, 0) is 0 Å². The van der Waals surface area contributed by atoms with E-state index in [2.05, 4.69) is 11.4 Å². The average molecular weight is 204 g/mol. The Hall–Kier alpha value is -1.40. The molecule has 15 heavy (non-hydrogen) atoms. The van der Waals surface area contributed by atoms with Crippen molar-refractivity contribution >= 4 is 0 Å². The Morgan fingerprint density at radius 3 is 2.87 bits per heavy atom. The fourth-order valence-corrected chi connectivity index (χ4v) is 1.60. The van der Waals surface area contributed by atoms with Crippen molar-refractivity contribution in [1.29, 1.82) is 5.26 Å². The first-order valence-corrected chi connectivity index (χ1v) is 5.12.